The highest BCUT2D eigenvalue weighted by Gasteiger charge is 2.28. The molecule has 6 heteroatoms. The third-order valence-electron chi connectivity index (χ3n) is 2.24. The quantitative estimate of drug-likeness (QED) is 0.584. The summed E-state index contributed by atoms with van der Waals surface area (Å²) >= 11 is 0. The molecule has 1 rings (SSSR count). The third-order valence-corrected chi connectivity index (χ3v) is 2.24. The van der Waals surface area contributed by atoms with Crippen LogP contribution >= 0.6 is 0 Å². The number of amides is 2. The molecule has 1 heterocycles. The number of piperazine rings is 1. The van der Waals surface area contributed by atoms with Crippen LogP contribution in [0.15, 0.2) is 0 Å². The predicted molar refractivity (Wildman–Crippen MR) is 59.3 cm³/mol. The molecule has 1 aliphatic rings. The molecule has 1 fully saturated rings. The number of aliphatic carboxylic acids is 1. The fourth-order valence-corrected chi connectivity index (χ4v) is 1.50. The summed E-state index contributed by atoms with van der Waals surface area (Å²) in [7, 11) is 0. The summed E-state index contributed by atoms with van der Waals surface area (Å²) in [6.45, 7) is 6.92. The summed E-state index contributed by atoms with van der Waals surface area (Å²) in [6, 6.07) is -0.875. The van der Waals surface area contributed by atoms with Gasteiger partial charge in [-0.2, -0.15) is 0 Å². The van der Waals surface area contributed by atoms with Gasteiger partial charge in [0.25, 0.3) is 0 Å². The number of carbonyl (C=O) groups is 2. The maximum absolute atomic E-state index is 11.8. The van der Waals surface area contributed by atoms with Crippen molar-refractivity contribution in [3.63, 3.8) is 0 Å². The lowest BCUT2D eigenvalue weighted by atomic mass is 10.1. The first kappa shape index (κ1) is 12.8. The number of carbonyl (C=O) groups excluding carboxylic acids is 1. The molecule has 0 saturated carbocycles. The minimum Gasteiger partial charge on any atom is -0.480 e. The summed E-state index contributed by atoms with van der Waals surface area (Å²) in [5.41, 5.74) is -0.305. The van der Waals surface area contributed by atoms with Crippen LogP contribution < -0.4 is 10.6 Å². The van der Waals surface area contributed by atoms with Crippen LogP contribution in [0.4, 0.5) is 4.79 Å². The Hall–Kier alpha value is -1.30. The molecule has 1 unspecified atom stereocenters. The van der Waals surface area contributed by atoms with E-state index >= 15 is 0 Å². The predicted octanol–water partition coefficient (Wildman–Crippen LogP) is -0.147. The third kappa shape index (κ3) is 3.69. The standard InChI is InChI=1S/C10H19N3O3/c1-10(2,3)12-9(16)13-5-4-11-7(6-13)8(14)15/h7,11H,4-6H2,1-3H3,(H,12,16)(H,14,15). The van der Waals surface area contributed by atoms with Crippen molar-refractivity contribution in [2.75, 3.05) is 19.6 Å². The SMILES string of the molecule is CC(C)(C)NC(=O)N1CCNC(C(=O)O)C1. The number of hydrogen-bond acceptors (Lipinski definition) is 3. The number of rotatable bonds is 1. The van der Waals surface area contributed by atoms with Gasteiger partial charge in [0.05, 0.1) is 0 Å². The maximum Gasteiger partial charge on any atom is 0.322 e. The summed E-state index contributed by atoms with van der Waals surface area (Å²) in [6.07, 6.45) is 0. The molecular weight excluding hydrogens is 210 g/mol. The molecule has 0 radical (unpaired) electrons. The van der Waals surface area contributed by atoms with Crippen LogP contribution in [0, 0.1) is 0 Å². The Morgan fingerprint density at radius 2 is 2.06 bits per heavy atom. The molecular formula is C10H19N3O3. The fraction of sp³-hybridized carbons (Fsp3) is 0.800. The van der Waals surface area contributed by atoms with Crippen LogP contribution in [0.3, 0.4) is 0 Å². The highest BCUT2D eigenvalue weighted by Crippen LogP contribution is 2.04. The van der Waals surface area contributed by atoms with Crippen molar-refractivity contribution in [2.45, 2.75) is 32.4 Å². The van der Waals surface area contributed by atoms with Crippen molar-refractivity contribution in [1.29, 1.82) is 0 Å². The van der Waals surface area contributed by atoms with E-state index in [4.69, 9.17) is 5.11 Å². The molecule has 1 saturated heterocycles. The fourth-order valence-electron chi connectivity index (χ4n) is 1.50. The Morgan fingerprint density at radius 3 is 2.56 bits per heavy atom. The zero-order valence-electron chi connectivity index (χ0n) is 9.91. The number of carboxylic acids is 1. The number of nitrogens with one attached hydrogen (secondary N) is 2. The molecule has 0 aromatic heterocycles. The van der Waals surface area contributed by atoms with Crippen molar-refractivity contribution in [3.05, 3.63) is 0 Å². The van der Waals surface area contributed by atoms with Crippen LogP contribution in [0.5, 0.6) is 0 Å². The Labute approximate surface area is 95.0 Å². The maximum atomic E-state index is 11.8. The van der Waals surface area contributed by atoms with E-state index in [9.17, 15) is 9.59 Å². The zero-order chi connectivity index (χ0) is 12.3. The molecule has 2 amide bonds. The Kier molecular flexibility index (Phi) is 3.74. The second kappa shape index (κ2) is 4.69. The Morgan fingerprint density at radius 1 is 1.44 bits per heavy atom. The van der Waals surface area contributed by atoms with Crippen molar-refractivity contribution in [1.82, 2.24) is 15.5 Å². The molecule has 1 aliphatic heterocycles. The van der Waals surface area contributed by atoms with E-state index in [0.717, 1.165) is 0 Å². The minimum atomic E-state index is -0.923. The molecule has 0 spiro atoms. The topological polar surface area (TPSA) is 81.7 Å². The van der Waals surface area contributed by atoms with Gasteiger partial charge in [-0.1, -0.05) is 0 Å². The molecule has 0 aromatic carbocycles. The Balaban J connectivity index is 2.54. The first-order valence-electron chi connectivity index (χ1n) is 5.33. The lowest BCUT2D eigenvalue weighted by molar-refractivity contribution is -0.140. The van der Waals surface area contributed by atoms with E-state index in [1.165, 1.54) is 4.90 Å². The number of nitrogens with zero attached hydrogens (tertiary/aromatic N) is 1. The number of urea groups is 1. The van der Waals surface area contributed by atoms with Crippen LogP contribution in [0.25, 0.3) is 0 Å². The van der Waals surface area contributed by atoms with Crippen LogP contribution in [-0.2, 0) is 4.79 Å². The average Bonchev–Trinajstić information content (AvgIpc) is 2.15. The van der Waals surface area contributed by atoms with Crippen LogP contribution in [0.1, 0.15) is 20.8 Å². The van der Waals surface area contributed by atoms with Gasteiger partial charge < -0.3 is 20.6 Å². The summed E-state index contributed by atoms with van der Waals surface area (Å²) in [4.78, 5) is 24.1. The molecule has 0 aliphatic carbocycles. The van der Waals surface area contributed by atoms with Crippen molar-refractivity contribution in [2.24, 2.45) is 0 Å². The highest BCUT2D eigenvalue weighted by molar-refractivity contribution is 5.78. The molecule has 92 valence electrons. The normalized spacial score (nSPS) is 21.7. The van der Waals surface area contributed by atoms with Gasteiger partial charge in [0.2, 0.25) is 0 Å². The van der Waals surface area contributed by atoms with Crippen LogP contribution in [-0.4, -0.2) is 53.2 Å². The first-order chi connectivity index (χ1) is 7.29. The van der Waals surface area contributed by atoms with E-state index < -0.39 is 12.0 Å². The van der Waals surface area contributed by atoms with Gasteiger partial charge in [-0.3, -0.25) is 4.79 Å². The molecule has 6 nitrogen and oxygen atoms in total. The second-order valence-electron chi connectivity index (χ2n) is 4.97. The van der Waals surface area contributed by atoms with E-state index in [1.54, 1.807) is 0 Å². The van der Waals surface area contributed by atoms with Crippen molar-refractivity contribution >= 4 is 12.0 Å². The molecule has 16 heavy (non-hydrogen) atoms. The van der Waals surface area contributed by atoms with Gasteiger partial charge in [0.15, 0.2) is 0 Å². The lowest BCUT2D eigenvalue weighted by Gasteiger charge is -2.34. The molecule has 1 atom stereocenters. The highest BCUT2D eigenvalue weighted by atomic mass is 16.4. The second-order valence-corrected chi connectivity index (χ2v) is 4.97. The summed E-state index contributed by atoms with van der Waals surface area (Å²) in [5, 5.41) is 14.5. The minimum absolute atomic E-state index is 0.206. The van der Waals surface area contributed by atoms with E-state index in [1.807, 2.05) is 20.8 Å². The number of carboxylic acid groups (broad SMARTS) is 1. The van der Waals surface area contributed by atoms with Crippen molar-refractivity contribution in [3.8, 4) is 0 Å². The van der Waals surface area contributed by atoms with Gasteiger partial charge in [-0.05, 0) is 20.8 Å². The molecule has 0 aromatic rings. The van der Waals surface area contributed by atoms with Gasteiger partial charge in [-0.15, -0.1) is 0 Å². The van der Waals surface area contributed by atoms with Gasteiger partial charge in [0, 0.05) is 25.2 Å². The van der Waals surface area contributed by atoms with Gasteiger partial charge >= 0.3 is 12.0 Å². The molecule has 0 bridgehead atoms. The smallest absolute Gasteiger partial charge is 0.322 e. The largest absolute Gasteiger partial charge is 0.480 e. The zero-order valence-corrected chi connectivity index (χ0v) is 9.91. The van der Waals surface area contributed by atoms with E-state index in [-0.39, 0.29) is 18.1 Å². The average molecular weight is 229 g/mol. The Bertz CT molecular complexity index is 286. The van der Waals surface area contributed by atoms with E-state index in [2.05, 4.69) is 10.6 Å². The lowest BCUT2D eigenvalue weighted by Crippen LogP contribution is -2.59. The first-order valence-corrected chi connectivity index (χ1v) is 5.33. The van der Waals surface area contributed by atoms with Gasteiger partial charge in [0.1, 0.15) is 6.04 Å². The molecule has 3 N–H and O–H groups in total. The summed E-state index contributed by atoms with van der Waals surface area (Å²) < 4.78 is 0. The monoisotopic (exact) mass is 229 g/mol. The van der Waals surface area contributed by atoms with Gasteiger partial charge in [-0.25, -0.2) is 4.79 Å². The van der Waals surface area contributed by atoms with Crippen LogP contribution in [0.2, 0.25) is 0 Å². The van der Waals surface area contributed by atoms with E-state index in [0.29, 0.717) is 13.1 Å². The number of hydrogen-bond donors (Lipinski definition) is 3. The summed E-state index contributed by atoms with van der Waals surface area (Å²) in [5.74, 6) is -0.923. The van der Waals surface area contributed by atoms with Crippen molar-refractivity contribution < 1.29 is 14.7 Å².